The van der Waals surface area contributed by atoms with Crippen LogP contribution in [-0.4, -0.2) is 21.9 Å². The molecule has 3 rings (SSSR count). The van der Waals surface area contributed by atoms with E-state index in [1.165, 1.54) is 11.8 Å². The number of nitrogens with zero attached hydrogens (tertiary/aromatic N) is 2. The molecular formula is C20H21N3O3S. The predicted octanol–water partition coefficient (Wildman–Crippen LogP) is 4.25. The van der Waals surface area contributed by atoms with Gasteiger partial charge in [-0.05, 0) is 36.6 Å². The summed E-state index contributed by atoms with van der Waals surface area (Å²) >= 11 is 1.20. The maximum absolute atomic E-state index is 12.2. The molecule has 1 N–H and O–H groups in total. The number of benzene rings is 2. The molecule has 7 heteroatoms. The van der Waals surface area contributed by atoms with E-state index in [4.69, 9.17) is 9.15 Å². The maximum atomic E-state index is 12.2. The highest BCUT2D eigenvalue weighted by atomic mass is 32.2. The molecule has 1 amide bonds. The second-order valence-electron chi connectivity index (χ2n) is 5.86. The molecule has 0 aliphatic carbocycles. The van der Waals surface area contributed by atoms with Crippen LogP contribution in [-0.2, 0) is 17.8 Å². The van der Waals surface area contributed by atoms with Crippen molar-refractivity contribution in [3.05, 3.63) is 65.5 Å². The average molecular weight is 383 g/mol. The average Bonchev–Trinajstić information content (AvgIpc) is 3.14. The van der Waals surface area contributed by atoms with Crippen LogP contribution in [0.15, 0.2) is 58.2 Å². The topological polar surface area (TPSA) is 77.2 Å². The molecule has 0 spiro atoms. The van der Waals surface area contributed by atoms with Crippen molar-refractivity contribution >= 4 is 23.4 Å². The first-order valence-electron chi connectivity index (χ1n) is 8.67. The van der Waals surface area contributed by atoms with Gasteiger partial charge in [0.15, 0.2) is 6.61 Å². The molecule has 1 heterocycles. The highest BCUT2D eigenvalue weighted by Gasteiger charge is 2.12. The summed E-state index contributed by atoms with van der Waals surface area (Å²) in [4.78, 5) is 12.2. The Morgan fingerprint density at radius 3 is 2.74 bits per heavy atom. The smallest absolute Gasteiger partial charge is 0.277 e. The molecule has 27 heavy (non-hydrogen) atoms. The van der Waals surface area contributed by atoms with Gasteiger partial charge in [-0.2, -0.15) is 0 Å². The minimum atomic E-state index is -0.114. The number of ether oxygens (including phenoxy) is 1. The summed E-state index contributed by atoms with van der Waals surface area (Å²) in [7, 11) is 0. The maximum Gasteiger partial charge on any atom is 0.277 e. The Kier molecular flexibility index (Phi) is 6.49. The number of anilines is 1. The van der Waals surface area contributed by atoms with Gasteiger partial charge >= 0.3 is 0 Å². The van der Waals surface area contributed by atoms with E-state index in [9.17, 15) is 4.79 Å². The van der Waals surface area contributed by atoms with Gasteiger partial charge in [0, 0.05) is 5.69 Å². The van der Waals surface area contributed by atoms with Crippen LogP contribution in [0.1, 0.15) is 23.9 Å². The normalized spacial score (nSPS) is 10.6. The number of aryl methyl sites for hydroxylation is 2. The van der Waals surface area contributed by atoms with Crippen LogP contribution in [0, 0.1) is 6.92 Å². The Hall–Kier alpha value is -2.80. The highest BCUT2D eigenvalue weighted by Crippen LogP contribution is 2.21. The number of nitrogens with one attached hydrogen (secondary N) is 1. The van der Waals surface area contributed by atoms with Gasteiger partial charge in [0.25, 0.3) is 11.1 Å². The minimum absolute atomic E-state index is 0.114. The predicted molar refractivity (Wildman–Crippen MR) is 105 cm³/mol. The van der Waals surface area contributed by atoms with Gasteiger partial charge in [0.05, 0.1) is 5.75 Å². The number of hydrogen-bond acceptors (Lipinski definition) is 6. The number of thioether (sulfide) groups is 1. The van der Waals surface area contributed by atoms with Gasteiger partial charge in [-0.3, -0.25) is 4.79 Å². The van der Waals surface area contributed by atoms with Crippen LogP contribution in [0.3, 0.4) is 0 Å². The lowest BCUT2D eigenvalue weighted by Gasteiger charge is -2.08. The third-order valence-electron chi connectivity index (χ3n) is 3.89. The molecule has 140 valence electrons. The fourth-order valence-electron chi connectivity index (χ4n) is 2.48. The Morgan fingerprint density at radius 1 is 1.15 bits per heavy atom. The van der Waals surface area contributed by atoms with Crippen LogP contribution in [0.25, 0.3) is 0 Å². The van der Waals surface area contributed by atoms with Gasteiger partial charge in [0.1, 0.15) is 5.75 Å². The van der Waals surface area contributed by atoms with E-state index in [1.54, 1.807) is 0 Å². The van der Waals surface area contributed by atoms with Gasteiger partial charge in [-0.1, -0.05) is 55.1 Å². The number of rotatable bonds is 8. The Bertz CT molecular complexity index is 911. The lowest BCUT2D eigenvalue weighted by Crippen LogP contribution is -2.15. The van der Waals surface area contributed by atoms with Crippen molar-refractivity contribution < 1.29 is 13.9 Å². The monoisotopic (exact) mass is 383 g/mol. The highest BCUT2D eigenvalue weighted by molar-refractivity contribution is 7.99. The lowest BCUT2D eigenvalue weighted by atomic mass is 10.1. The second-order valence-corrected chi connectivity index (χ2v) is 6.79. The third kappa shape index (κ3) is 5.34. The number of carbonyl (C=O) groups excluding carboxylic acids is 1. The van der Waals surface area contributed by atoms with Gasteiger partial charge < -0.3 is 14.5 Å². The largest absolute Gasteiger partial charge is 0.484 e. The summed E-state index contributed by atoms with van der Waals surface area (Å²) in [6.07, 6.45) is 0.859. The Morgan fingerprint density at radius 2 is 1.93 bits per heavy atom. The molecule has 0 aliphatic rings. The van der Waals surface area contributed by atoms with Gasteiger partial charge in [0.2, 0.25) is 5.91 Å². The summed E-state index contributed by atoms with van der Waals surface area (Å²) in [5.41, 5.74) is 2.98. The second kappa shape index (κ2) is 9.23. The zero-order valence-electron chi connectivity index (χ0n) is 15.3. The first-order chi connectivity index (χ1) is 13.2. The van der Waals surface area contributed by atoms with E-state index < -0.39 is 0 Å². The van der Waals surface area contributed by atoms with Crippen molar-refractivity contribution in [1.29, 1.82) is 0 Å². The molecule has 0 aliphatic heterocycles. The number of hydrogen-bond donors (Lipinski definition) is 1. The quantitative estimate of drug-likeness (QED) is 0.586. The summed E-state index contributed by atoms with van der Waals surface area (Å²) in [6.45, 7) is 4.22. The molecule has 3 aromatic rings. The standard InChI is InChI=1S/C20H21N3O3S/c1-3-15-9-5-6-10-16(15)21-18(24)13-27-20-23-22-19(26-20)12-25-17-11-7-4-8-14(17)2/h4-11H,3,12-13H2,1-2H3,(H,21,24). The van der Waals surface area contributed by atoms with Gasteiger partial charge in [-0.25, -0.2) is 0 Å². The summed E-state index contributed by atoms with van der Waals surface area (Å²) in [6, 6.07) is 15.5. The van der Waals surface area contributed by atoms with E-state index in [2.05, 4.69) is 22.4 Å². The van der Waals surface area contributed by atoms with E-state index >= 15 is 0 Å². The summed E-state index contributed by atoms with van der Waals surface area (Å²) < 4.78 is 11.2. The molecule has 0 fully saturated rings. The lowest BCUT2D eigenvalue weighted by molar-refractivity contribution is -0.113. The van der Waals surface area contributed by atoms with E-state index in [0.29, 0.717) is 11.1 Å². The van der Waals surface area contributed by atoms with E-state index in [1.807, 2.05) is 55.5 Å². The first kappa shape index (κ1) is 19.0. The zero-order valence-corrected chi connectivity index (χ0v) is 16.1. The van der Waals surface area contributed by atoms with Crippen molar-refractivity contribution in [2.24, 2.45) is 0 Å². The molecule has 1 aromatic heterocycles. The fourth-order valence-corrected chi connectivity index (χ4v) is 3.06. The molecule has 0 atom stereocenters. The number of para-hydroxylation sites is 2. The summed E-state index contributed by atoms with van der Waals surface area (Å²) in [5, 5.41) is 11.2. The molecular weight excluding hydrogens is 362 g/mol. The van der Waals surface area contributed by atoms with Crippen molar-refractivity contribution in [2.45, 2.75) is 32.1 Å². The molecule has 2 aromatic carbocycles. The van der Waals surface area contributed by atoms with Crippen LogP contribution in [0.2, 0.25) is 0 Å². The van der Waals surface area contributed by atoms with E-state index in [0.717, 1.165) is 29.0 Å². The first-order valence-corrected chi connectivity index (χ1v) is 9.65. The third-order valence-corrected chi connectivity index (χ3v) is 4.71. The van der Waals surface area contributed by atoms with Gasteiger partial charge in [-0.15, -0.1) is 10.2 Å². The van der Waals surface area contributed by atoms with Crippen molar-refractivity contribution in [3.8, 4) is 5.75 Å². The molecule has 0 saturated carbocycles. The molecule has 0 bridgehead atoms. The molecule has 0 radical (unpaired) electrons. The van der Waals surface area contributed by atoms with Crippen molar-refractivity contribution in [1.82, 2.24) is 10.2 Å². The summed E-state index contributed by atoms with van der Waals surface area (Å²) in [5.74, 6) is 1.23. The number of aromatic nitrogens is 2. The van der Waals surface area contributed by atoms with Crippen LogP contribution in [0.4, 0.5) is 5.69 Å². The minimum Gasteiger partial charge on any atom is -0.484 e. The molecule has 6 nitrogen and oxygen atoms in total. The Balaban J connectivity index is 1.49. The fraction of sp³-hybridized carbons (Fsp3) is 0.250. The van der Waals surface area contributed by atoms with Crippen LogP contribution in [0.5, 0.6) is 5.75 Å². The van der Waals surface area contributed by atoms with Crippen molar-refractivity contribution in [2.75, 3.05) is 11.1 Å². The number of carbonyl (C=O) groups is 1. The zero-order chi connectivity index (χ0) is 19.1. The van der Waals surface area contributed by atoms with Crippen LogP contribution < -0.4 is 10.1 Å². The van der Waals surface area contributed by atoms with E-state index in [-0.39, 0.29) is 18.3 Å². The van der Waals surface area contributed by atoms with Crippen LogP contribution >= 0.6 is 11.8 Å². The molecule has 0 saturated heterocycles. The Labute approximate surface area is 162 Å². The van der Waals surface area contributed by atoms with Crippen molar-refractivity contribution in [3.63, 3.8) is 0 Å². The number of amides is 1. The molecule has 0 unspecified atom stereocenters. The SMILES string of the molecule is CCc1ccccc1NC(=O)CSc1nnc(COc2ccccc2C)o1.